The van der Waals surface area contributed by atoms with E-state index in [0.29, 0.717) is 12.6 Å². The first-order valence-electron chi connectivity index (χ1n) is 6.82. The maximum atomic E-state index is 11.7. The monoisotopic (exact) mass is 242 g/mol. The van der Waals surface area contributed by atoms with Crippen LogP contribution in [0.2, 0.25) is 0 Å². The van der Waals surface area contributed by atoms with E-state index in [1.807, 2.05) is 6.92 Å². The van der Waals surface area contributed by atoms with E-state index in [9.17, 15) is 9.90 Å². The Hall–Kier alpha value is -0.610. The molecule has 0 radical (unpaired) electrons. The molecule has 1 amide bonds. The molecule has 0 aromatic heterocycles. The lowest BCUT2D eigenvalue weighted by molar-refractivity contribution is -0.122. The van der Waals surface area contributed by atoms with Crippen LogP contribution in [0.25, 0.3) is 0 Å². The highest BCUT2D eigenvalue weighted by Crippen LogP contribution is 2.20. The third kappa shape index (κ3) is 5.50. The van der Waals surface area contributed by atoms with Crippen LogP contribution >= 0.6 is 0 Å². The molecule has 1 saturated heterocycles. The molecule has 100 valence electrons. The van der Waals surface area contributed by atoms with Gasteiger partial charge >= 0.3 is 0 Å². The summed E-state index contributed by atoms with van der Waals surface area (Å²) in [5.41, 5.74) is 0. The number of carbonyl (C=O) groups excluding carboxylic acids is 1. The topological polar surface area (TPSA) is 52.6 Å². The zero-order valence-corrected chi connectivity index (χ0v) is 11.1. The van der Waals surface area contributed by atoms with Gasteiger partial charge in [-0.15, -0.1) is 0 Å². The van der Waals surface area contributed by atoms with Crippen LogP contribution in [0.3, 0.4) is 0 Å². The summed E-state index contributed by atoms with van der Waals surface area (Å²) in [7, 11) is 0. The van der Waals surface area contributed by atoms with Crippen LogP contribution in [-0.4, -0.2) is 47.7 Å². The summed E-state index contributed by atoms with van der Waals surface area (Å²) in [5.74, 6) is 0.121. The second-order valence-corrected chi connectivity index (χ2v) is 5.05. The summed E-state index contributed by atoms with van der Waals surface area (Å²) in [6, 6.07) is 0.381. The minimum atomic E-state index is -0.274. The third-order valence-electron chi connectivity index (χ3n) is 3.31. The van der Waals surface area contributed by atoms with Crippen LogP contribution in [-0.2, 0) is 4.79 Å². The van der Waals surface area contributed by atoms with Gasteiger partial charge in [-0.3, -0.25) is 9.69 Å². The molecule has 2 unspecified atom stereocenters. The smallest absolute Gasteiger partial charge is 0.234 e. The largest absolute Gasteiger partial charge is 0.393 e. The van der Waals surface area contributed by atoms with Crippen molar-refractivity contribution >= 4 is 5.91 Å². The van der Waals surface area contributed by atoms with Crippen LogP contribution in [0.4, 0.5) is 0 Å². The van der Waals surface area contributed by atoms with Gasteiger partial charge in [0.25, 0.3) is 0 Å². The van der Waals surface area contributed by atoms with Crippen LogP contribution < -0.4 is 5.32 Å². The van der Waals surface area contributed by atoms with Crippen LogP contribution in [0, 0.1) is 0 Å². The van der Waals surface area contributed by atoms with Crippen LogP contribution in [0.15, 0.2) is 0 Å². The van der Waals surface area contributed by atoms with Gasteiger partial charge in [-0.05, 0) is 39.2 Å². The lowest BCUT2D eigenvalue weighted by Crippen LogP contribution is -2.41. The summed E-state index contributed by atoms with van der Waals surface area (Å²) in [6.45, 7) is 6.19. The molecule has 1 aliphatic rings. The first-order valence-corrected chi connectivity index (χ1v) is 6.82. The van der Waals surface area contributed by atoms with Gasteiger partial charge in [0.15, 0.2) is 0 Å². The molecule has 0 aromatic carbocycles. The summed E-state index contributed by atoms with van der Waals surface area (Å²) in [6.07, 6.45) is 4.90. The van der Waals surface area contributed by atoms with Crippen molar-refractivity contribution in [2.45, 2.75) is 58.1 Å². The SMILES string of the molecule is CCCCNC(=O)CN1CCCC1CC(C)O. The number of rotatable bonds is 7. The molecule has 2 N–H and O–H groups in total. The van der Waals surface area contributed by atoms with Gasteiger partial charge in [0, 0.05) is 12.6 Å². The number of hydrogen-bond acceptors (Lipinski definition) is 3. The van der Waals surface area contributed by atoms with Gasteiger partial charge in [-0.25, -0.2) is 0 Å². The Bertz CT molecular complexity index is 231. The highest BCUT2D eigenvalue weighted by Gasteiger charge is 2.26. The van der Waals surface area contributed by atoms with Gasteiger partial charge in [-0.2, -0.15) is 0 Å². The normalized spacial score (nSPS) is 22.6. The Morgan fingerprint density at radius 2 is 2.35 bits per heavy atom. The molecule has 1 fully saturated rings. The first-order chi connectivity index (χ1) is 8.13. The highest BCUT2D eigenvalue weighted by atomic mass is 16.3. The molecule has 4 nitrogen and oxygen atoms in total. The molecule has 0 spiro atoms. The maximum Gasteiger partial charge on any atom is 0.234 e. The number of hydrogen-bond donors (Lipinski definition) is 2. The van der Waals surface area contributed by atoms with Gasteiger partial charge in [-0.1, -0.05) is 13.3 Å². The molecular weight excluding hydrogens is 216 g/mol. The van der Waals surface area contributed by atoms with Crippen molar-refractivity contribution in [2.75, 3.05) is 19.6 Å². The van der Waals surface area contributed by atoms with Crippen molar-refractivity contribution in [3.8, 4) is 0 Å². The Kier molecular flexibility index (Phi) is 6.52. The zero-order valence-electron chi connectivity index (χ0n) is 11.1. The molecular formula is C13H26N2O2. The predicted octanol–water partition coefficient (Wildman–Crippen LogP) is 1.14. The quantitative estimate of drug-likeness (QED) is 0.658. The average molecular weight is 242 g/mol. The van der Waals surface area contributed by atoms with E-state index in [2.05, 4.69) is 17.1 Å². The van der Waals surface area contributed by atoms with Gasteiger partial charge in [0.2, 0.25) is 5.91 Å². The number of aliphatic hydroxyl groups excluding tert-OH is 1. The molecule has 1 aliphatic heterocycles. The fourth-order valence-corrected chi connectivity index (χ4v) is 2.41. The second kappa shape index (κ2) is 7.67. The number of nitrogens with one attached hydrogen (secondary N) is 1. The third-order valence-corrected chi connectivity index (χ3v) is 3.31. The molecule has 0 saturated carbocycles. The van der Waals surface area contributed by atoms with Crippen molar-refractivity contribution in [3.05, 3.63) is 0 Å². The number of carbonyl (C=O) groups is 1. The second-order valence-electron chi connectivity index (χ2n) is 5.05. The Morgan fingerprint density at radius 1 is 1.59 bits per heavy atom. The number of unbranched alkanes of at least 4 members (excludes halogenated alkanes) is 1. The van der Waals surface area contributed by atoms with E-state index < -0.39 is 0 Å². The van der Waals surface area contributed by atoms with Gasteiger partial charge < -0.3 is 10.4 Å². The highest BCUT2D eigenvalue weighted by molar-refractivity contribution is 5.78. The lowest BCUT2D eigenvalue weighted by Gasteiger charge is -2.24. The first kappa shape index (κ1) is 14.5. The minimum Gasteiger partial charge on any atom is -0.393 e. The van der Waals surface area contributed by atoms with Gasteiger partial charge in [0.05, 0.1) is 12.6 Å². The van der Waals surface area contributed by atoms with Crippen molar-refractivity contribution in [2.24, 2.45) is 0 Å². The van der Waals surface area contributed by atoms with Crippen molar-refractivity contribution in [1.82, 2.24) is 10.2 Å². The van der Waals surface area contributed by atoms with Crippen LogP contribution in [0.1, 0.15) is 46.0 Å². The van der Waals surface area contributed by atoms with E-state index >= 15 is 0 Å². The Balaban J connectivity index is 2.26. The van der Waals surface area contributed by atoms with E-state index in [1.54, 1.807) is 0 Å². The predicted molar refractivity (Wildman–Crippen MR) is 68.8 cm³/mol. The van der Waals surface area contributed by atoms with Crippen molar-refractivity contribution < 1.29 is 9.90 Å². The molecule has 0 bridgehead atoms. The standard InChI is InChI=1S/C13H26N2O2/c1-3-4-7-14-13(17)10-15-8-5-6-12(15)9-11(2)16/h11-12,16H,3-10H2,1-2H3,(H,14,17). The summed E-state index contributed by atoms with van der Waals surface area (Å²) < 4.78 is 0. The summed E-state index contributed by atoms with van der Waals surface area (Å²) >= 11 is 0. The fraction of sp³-hybridized carbons (Fsp3) is 0.923. The molecule has 1 heterocycles. The average Bonchev–Trinajstić information content (AvgIpc) is 2.65. The number of aliphatic hydroxyl groups is 1. The van der Waals surface area contributed by atoms with Gasteiger partial charge in [0.1, 0.15) is 0 Å². The maximum absolute atomic E-state index is 11.7. The Morgan fingerprint density at radius 3 is 3.00 bits per heavy atom. The molecule has 0 aromatic rings. The van der Waals surface area contributed by atoms with Crippen molar-refractivity contribution in [1.29, 1.82) is 0 Å². The van der Waals surface area contributed by atoms with E-state index in [1.165, 1.54) is 0 Å². The number of nitrogens with zero attached hydrogens (tertiary/aromatic N) is 1. The van der Waals surface area contributed by atoms with E-state index in [0.717, 1.165) is 45.2 Å². The molecule has 1 rings (SSSR count). The molecule has 4 heteroatoms. The van der Waals surface area contributed by atoms with E-state index in [4.69, 9.17) is 0 Å². The molecule has 2 atom stereocenters. The van der Waals surface area contributed by atoms with Crippen LogP contribution in [0.5, 0.6) is 0 Å². The fourth-order valence-electron chi connectivity index (χ4n) is 2.41. The summed E-state index contributed by atoms with van der Waals surface area (Å²) in [4.78, 5) is 13.9. The Labute approximate surface area is 104 Å². The zero-order chi connectivity index (χ0) is 12.7. The van der Waals surface area contributed by atoms with Crippen molar-refractivity contribution in [3.63, 3.8) is 0 Å². The number of likely N-dealkylation sites (tertiary alicyclic amines) is 1. The molecule has 0 aliphatic carbocycles. The minimum absolute atomic E-state index is 0.121. The summed E-state index contributed by atoms with van der Waals surface area (Å²) in [5, 5.41) is 12.4. The number of amides is 1. The lowest BCUT2D eigenvalue weighted by atomic mass is 10.1. The van der Waals surface area contributed by atoms with E-state index in [-0.39, 0.29) is 12.0 Å². The molecule has 17 heavy (non-hydrogen) atoms.